The molecule has 0 saturated carbocycles. The van der Waals surface area contributed by atoms with Crippen molar-refractivity contribution in [3.63, 3.8) is 0 Å². The highest BCUT2D eigenvalue weighted by molar-refractivity contribution is 9.10. The zero-order chi connectivity index (χ0) is 20.5. The van der Waals surface area contributed by atoms with Crippen LogP contribution in [0.4, 0.5) is 0 Å². The standard InChI is InChI=1S/C24H17BrO4/c1-14-4-3-5-16(10-14)12-21-23(26)22-15(2)11-19(13-20(22)29-21)28-24(27)17-6-8-18(25)9-7-17/h3-13H,1-2H3/b21-12-. The lowest BCUT2D eigenvalue weighted by atomic mass is 10.0. The van der Waals surface area contributed by atoms with Crippen LogP contribution in [-0.4, -0.2) is 11.8 Å². The zero-order valence-corrected chi connectivity index (χ0v) is 17.4. The summed E-state index contributed by atoms with van der Waals surface area (Å²) in [6.07, 6.45) is 1.72. The van der Waals surface area contributed by atoms with Crippen molar-refractivity contribution in [3.8, 4) is 11.5 Å². The van der Waals surface area contributed by atoms with Crippen molar-refractivity contribution >= 4 is 33.8 Å². The van der Waals surface area contributed by atoms with Crippen LogP contribution in [0.2, 0.25) is 0 Å². The molecule has 0 aromatic heterocycles. The molecule has 3 aromatic rings. The van der Waals surface area contributed by atoms with Gasteiger partial charge in [0.1, 0.15) is 11.5 Å². The predicted octanol–water partition coefficient (Wildman–Crippen LogP) is 5.90. The van der Waals surface area contributed by atoms with E-state index in [1.807, 2.05) is 31.2 Å². The molecule has 0 fully saturated rings. The number of fused-ring (bicyclic) bond motifs is 1. The molecular weight excluding hydrogens is 432 g/mol. The smallest absolute Gasteiger partial charge is 0.343 e. The molecule has 0 N–H and O–H groups in total. The second kappa shape index (κ2) is 7.68. The van der Waals surface area contributed by atoms with Crippen LogP contribution in [0.3, 0.4) is 0 Å². The molecule has 3 aromatic carbocycles. The molecule has 0 saturated heterocycles. The average molecular weight is 449 g/mol. The van der Waals surface area contributed by atoms with Crippen LogP contribution in [-0.2, 0) is 0 Å². The molecule has 0 bridgehead atoms. The largest absolute Gasteiger partial charge is 0.452 e. The second-order valence-corrected chi connectivity index (χ2v) is 7.78. The van der Waals surface area contributed by atoms with Gasteiger partial charge < -0.3 is 9.47 Å². The summed E-state index contributed by atoms with van der Waals surface area (Å²) in [6.45, 7) is 3.79. The monoisotopic (exact) mass is 448 g/mol. The van der Waals surface area contributed by atoms with Gasteiger partial charge in [-0.15, -0.1) is 0 Å². The van der Waals surface area contributed by atoms with Crippen LogP contribution in [0.25, 0.3) is 6.08 Å². The van der Waals surface area contributed by atoms with Gasteiger partial charge >= 0.3 is 5.97 Å². The van der Waals surface area contributed by atoms with E-state index in [4.69, 9.17) is 9.47 Å². The van der Waals surface area contributed by atoms with E-state index in [1.54, 1.807) is 49.4 Å². The van der Waals surface area contributed by atoms with Gasteiger partial charge in [-0.1, -0.05) is 45.8 Å². The molecule has 0 radical (unpaired) electrons. The molecule has 4 nitrogen and oxygen atoms in total. The topological polar surface area (TPSA) is 52.6 Å². The first-order valence-corrected chi connectivity index (χ1v) is 9.83. The Morgan fingerprint density at radius 2 is 1.79 bits per heavy atom. The van der Waals surface area contributed by atoms with Gasteiger partial charge in [0.25, 0.3) is 0 Å². The number of benzene rings is 3. The Bertz CT molecular complexity index is 1160. The third-order valence-corrected chi connectivity index (χ3v) is 5.10. The van der Waals surface area contributed by atoms with E-state index in [9.17, 15) is 9.59 Å². The van der Waals surface area contributed by atoms with Gasteiger partial charge in [-0.2, -0.15) is 0 Å². The van der Waals surface area contributed by atoms with E-state index in [0.717, 1.165) is 15.6 Å². The molecule has 1 aliphatic rings. The van der Waals surface area contributed by atoms with E-state index in [0.29, 0.717) is 28.2 Å². The minimum absolute atomic E-state index is 0.176. The first-order valence-electron chi connectivity index (χ1n) is 9.04. The Hall–Kier alpha value is -3.18. The first kappa shape index (κ1) is 19.2. The number of esters is 1. The Labute approximate surface area is 176 Å². The average Bonchev–Trinajstić information content (AvgIpc) is 2.98. The summed E-state index contributed by atoms with van der Waals surface area (Å²) in [5.41, 5.74) is 3.61. The molecule has 0 atom stereocenters. The maximum absolute atomic E-state index is 12.8. The maximum atomic E-state index is 12.8. The highest BCUT2D eigenvalue weighted by Crippen LogP contribution is 2.37. The molecule has 144 valence electrons. The number of ether oxygens (including phenoxy) is 2. The van der Waals surface area contributed by atoms with Crippen molar-refractivity contribution in [3.05, 3.63) is 98.7 Å². The molecule has 1 heterocycles. The van der Waals surface area contributed by atoms with Crippen molar-refractivity contribution < 1.29 is 19.1 Å². The van der Waals surface area contributed by atoms with Gasteiger partial charge in [-0.25, -0.2) is 4.79 Å². The number of carbonyl (C=O) groups is 2. The molecule has 4 rings (SSSR count). The van der Waals surface area contributed by atoms with Crippen LogP contribution in [0, 0.1) is 13.8 Å². The summed E-state index contributed by atoms with van der Waals surface area (Å²) in [5, 5.41) is 0. The van der Waals surface area contributed by atoms with Crippen LogP contribution in [0.5, 0.6) is 11.5 Å². The number of hydrogen-bond acceptors (Lipinski definition) is 4. The molecule has 0 unspecified atom stereocenters. The summed E-state index contributed by atoms with van der Waals surface area (Å²) < 4.78 is 12.2. The van der Waals surface area contributed by atoms with Crippen molar-refractivity contribution in [2.75, 3.05) is 0 Å². The predicted molar refractivity (Wildman–Crippen MR) is 114 cm³/mol. The second-order valence-electron chi connectivity index (χ2n) is 6.86. The summed E-state index contributed by atoms with van der Waals surface area (Å²) in [6, 6.07) is 18.0. The molecule has 5 heteroatoms. The molecule has 0 spiro atoms. The quantitative estimate of drug-likeness (QED) is 0.284. The fourth-order valence-electron chi connectivity index (χ4n) is 3.20. The Balaban J connectivity index is 1.60. The van der Waals surface area contributed by atoms with Gasteiger partial charge in [0, 0.05) is 10.5 Å². The number of hydrogen-bond donors (Lipinski definition) is 0. The van der Waals surface area contributed by atoms with E-state index < -0.39 is 5.97 Å². The number of aryl methyl sites for hydroxylation is 2. The molecule has 29 heavy (non-hydrogen) atoms. The normalized spacial score (nSPS) is 13.9. The van der Waals surface area contributed by atoms with E-state index in [2.05, 4.69) is 15.9 Å². The third kappa shape index (κ3) is 4.00. The first-order chi connectivity index (χ1) is 13.9. The third-order valence-electron chi connectivity index (χ3n) is 4.57. The fraction of sp³-hybridized carbons (Fsp3) is 0.0833. The van der Waals surface area contributed by atoms with Gasteiger partial charge in [0.15, 0.2) is 5.76 Å². The zero-order valence-electron chi connectivity index (χ0n) is 15.9. The van der Waals surface area contributed by atoms with Gasteiger partial charge in [-0.3, -0.25) is 4.79 Å². The summed E-state index contributed by atoms with van der Waals surface area (Å²) in [7, 11) is 0. The molecule has 1 aliphatic heterocycles. The molecule has 0 amide bonds. The minimum Gasteiger partial charge on any atom is -0.452 e. The number of halogens is 1. The summed E-state index contributed by atoms with van der Waals surface area (Å²) in [5.74, 6) is 0.331. The summed E-state index contributed by atoms with van der Waals surface area (Å²) >= 11 is 3.34. The number of ketones is 1. The number of allylic oxidation sites excluding steroid dienone is 1. The molecule has 0 aliphatic carbocycles. The lowest BCUT2D eigenvalue weighted by Gasteiger charge is -2.08. The number of Topliss-reactive ketones (excluding diaryl/α,β-unsaturated/α-hetero) is 1. The van der Waals surface area contributed by atoms with Crippen LogP contribution in [0.1, 0.15) is 37.4 Å². The van der Waals surface area contributed by atoms with Crippen molar-refractivity contribution in [2.45, 2.75) is 13.8 Å². The Kier molecular flexibility index (Phi) is 5.07. The SMILES string of the molecule is Cc1cccc(/C=C2\Oc3cc(OC(=O)c4ccc(Br)cc4)cc(C)c3C2=O)c1. The number of carbonyl (C=O) groups excluding carboxylic acids is 2. The lowest BCUT2D eigenvalue weighted by Crippen LogP contribution is -2.08. The minimum atomic E-state index is -0.475. The highest BCUT2D eigenvalue weighted by Gasteiger charge is 2.30. The van der Waals surface area contributed by atoms with Crippen LogP contribution in [0.15, 0.2) is 70.9 Å². The lowest BCUT2D eigenvalue weighted by molar-refractivity contribution is 0.0734. The van der Waals surface area contributed by atoms with Crippen LogP contribution < -0.4 is 9.47 Å². The van der Waals surface area contributed by atoms with Crippen LogP contribution >= 0.6 is 15.9 Å². The summed E-state index contributed by atoms with van der Waals surface area (Å²) in [4.78, 5) is 25.2. The fourth-order valence-corrected chi connectivity index (χ4v) is 3.46. The molecular formula is C24H17BrO4. The van der Waals surface area contributed by atoms with E-state index in [-0.39, 0.29) is 11.5 Å². The Morgan fingerprint density at radius 3 is 2.52 bits per heavy atom. The van der Waals surface area contributed by atoms with Gasteiger partial charge in [0.05, 0.1) is 11.1 Å². The van der Waals surface area contributed by atoms with E-state index >= 15 is 0 Å². The van der Waals surface area contributed by atoms with Crippen molar-refractivity contribution in [2.24, 2.45) is 0 Å². The van der Waals surface area contributed by atoms with Gasteiger partial charge in [-0.05, 0) is 61.4 Å². The maximum Gasteiger partial charge on any atom is 0.343 e. The number of rotatable bonds is 3. The van der Waals surface area contributed by atoms with E-state index in [1.165, 1.54) is 0 Å². The van der Waals surface area contributed by atoms with Crippen molar-refractivity contribution in [1.29, 1.82) is 0 Å². The Morgan fingerprint density at radius 1 is 1.03 bits per heavy atom. The van der Waals surface area contributed by atoms with Crippen molar-refractivity contribution in [1.82, 2.24) is 0 Å². The van der Waals surface area contributed by atoms with Gasteiger partial charge in [0.2, 0.25) is 5.78 Å². The highest BCUT2D eigenvalue weighted by atomic mass is 79.9.